The van der Waals surface area contributed by atoms with Crippen LogP contribution in [0, 0.1) is 0 Å². The molecule has 0 spiro atoms. The monoisotopic (exact) mass is 378 g/mol. The third-order valence-corrected chi connectivity index (χ3v) is 2.79. The summed E-state index contributed by atoms with van der Waals surface area (Å²) in [5.74, 6) is -1.71. The predicted octanol–water partition coefficient (Wildman–Crippen LogP) is 1.76. The Bertz CT molecular complexity index is 665. The van der Waals surface area contributed by atoms with Crippen LogP contribution in [0.1, 0.15) is 38.2 Å². The summed E-state index contributed by atoms with van der Waals surface area (Å²) in [6.07, 6.45) is -4.08. The molecular weight excluding hydrogens is 357 g/mol. The van der Waals surface area contributed by atoms with E-state index in [1.165, 1.54) is 25.3 Å². The average molecular weight is 378 g/mol. The van der Waals surface area contributed by atoms with E-state index in [2.05, 4.69) is 10.7 Å². The van der Waals surface area contributed by atoms with E-state index in [-0.39, 0.29) is 5.69 Å². The van der Waals surface area contributed by atoms with Gasteiger partial charge in [0.25, 0.3) is 11.8 Å². The molecule has 1 aromatic rings. The van der Waals surface area contributed by atoms with Crippen molar-refractivity contribution in [1.82, 2.24) is 15.3 Å². The van der Waals surface area contributed by atoms with Gasteiger partial charge in [-0.1, -0.05) is 0 Å². The SMILES string of the molecule is C[C@H](NC(=O)OC(C)(C)C)C(=O)Nn1cccc1C(=O)NCC(F)(F)F. The molecule has 1 atom stereocenters. The first-order valence-corrected chi connectivity index (χ1v) is 7.61. The zero-order valence-electron chi connectivity index (χ0n) is 14.7. The van der Waals surface area contributed by atoms with E-state index in [0.717, 1.165) is 4.68 Å². The number of carbonyl (C=O) groups is 3. The van der Waals surface area contributed by atoms with E-state index >= 15 is 0 Å². The number of alkyl carbamates (subject to hydrolysis) is 1. The molecule has 1 aromatic heterocycles. The molecule has 26 heavy (non-hydrogen) atoms. The number of ether oxygens (including phenoxy) is 1. The van der Waals surface area contributed by atoms with Crippen molar-refractivity contribution in [3.05, 3.63) is 24.0 Å². The molecule has 0 saturated heterocycles. The average Bonchev–Trinajstić information content (AvgIpc) is 2.89. The summed E-state index contributed by atoms with van der Waals surface area (Å²) < 4.78 is 42.5. The van der Waals surface area contributed by atoms with Crippen molar-refractivity contribution >= 4 is 17.9 Å². The molecule has 0 aliphatic heterocycles. The Morgan fingerprint density at radius 2 is 1.85 bits per heavy atom. The highest BCUT2D eigenvalue weighted by Gasteiger charge is 2.28. The van der Waals surface area contributed by atoms with Crippen LogP contribution < -0.4 is 16.1 Å². The summed E-state index contributed by atoms with van der Waals surface area (Å²) in [5.41, 5.74) is 1.35. The normalized spacial score (nSPS) is 12.9. The molecule has 0 unspecified atom stereocenters. The van der Waals surface area contributed by atoms with E-state index < -0.39 is 42.3 Å². The molecular formula is C15H21F3N4O4. The topological polar surface area (TPSA) is 101 Å². The van der Waals surface area contributed by atoms with Crippen molar-refractivity contribution in [3.8, 4) is 0 Å². The van der Waals surface area contributed by atoms with Crippen molar-refractivity contribution in [3.63, 3.8) is 0 Å². The maximum Gasteiger partial charge on any atom is 0.408 e. The van der Waals surface area contributed by atoms with Crippen molar-refractivity contribution in [2.24, 2.45) is 0 Å². The zero-order valence-corrected chi connectivity index (χ0v) is 14.7. The fourth-order valence-corrected chi connectivity index (χ4v) is 1.70. The standard InChI is InChI=1S/C15H21F3N4O4/c1-9(20-13(25)26-14(2,3)4)11(23)21-22-7-5-6-10(22)12(24)19-8-15(16,17)18/h5-7,9H,8H2,1-4H3,(H,19,24)(H,20,25)(H,21,23)/t9-/m0/s1. The lowest BCUT2D eigenvalue weighted by atomic mass is 10.2. The van der Waals surface area contributed by atoms with Crippen LogP contribution in [0.5, 0.6) is 0 Å². The van der Waals surface area contributed by atoms with Crippen LogP contribution in [0.3, 0.4) is 0 Å². The van der Waals surface area contributed by atoms with Crippen LogP contribution in [0.2, 0.25) is 0 Å². The molecule has 0 aromatic carbocycles. The van der Waals surface area contributed by atoms with Gasteiger partial charge in [-0.05, 0) is 39.8 Å². The third-order valence-electron chi connectivity index (χ3n) is 2.79. The third kappa shape index (κ3) is 7.45. The van der Waals surface area contributed by atoms with Crippen molar-refractivity contribution in [2.75, 3.05) is 12.0 Å². The molecule has 0 aliphatic rings. The summed E-state index contributed by atoms with van der Waals surface area (Å²) >= 11 is 0. The molecule has 11 heteroatoms. The Labute approximate surface area is 148 Å². The molecule has 146 valence electrons. The number of hydrogen-bond donors (Lipinski definition) is 3. The van der Waals surface area contributed by atoms with E-state index in [1.54, 1.807) is 26.1 Å². The molecule has 0 saturated carbocycles. The van der Waals surface area contributed by atoms with Crippen LogP contribution >= 0.6 is 0 Å². The lowest BCUT2D eigenvalue weighted by Gasteiger charge is -2.22. The molecule has 0 aliphatic carbocycles. The minimum absolute atomic E-state index is 0.202. The van der Waals surface area contributed by atoms with Gasteiger partial charge in [-0.15, -0.1) is 0 Å². The van der Waals surface area contributed by atoms with Gasteiger partial charge in [0, 0.05) is 6.20 Å². The highest BCUT2D eigenvalue weighted by atomic mass is 19.4. The van der Waals surface area contributed by atoms with E-state index in [0.29, 0.717) is 0 Å². The molecule has 0 fully saturated rings. The second-order valence-electron chi connectivity index (χ2n) is 6.41. The summed E-state index contributed by atoms with van der Waals surface area (Å²) in [4.78, 5) is 35.5. The lowest BCUT2D eigenvalue weighted by molar-refractivity contribution is -0.123. The number of alkyl halides is 3. The van der Waals surface area contributed by atoms with E-state index in [1.807, 2.05) is 0 Å². The van der Waals surface area contributed by atoms with Gasteiger partial charge in [-0.25, -0.2) is 4.79 Å². The quantitative estimate of drug-likeness (QED) is 0.727. The van der Waals surface area contributed by atoms with Gasteiger partial charge in [-0.3, -0.25) is 19.7 Å². The Morgan fingerprint density at radius 1 is 1.23 bits per heavy atom. The van der Waals surface area contributed by atoms with Gasteiger partial charge in [0.05, 0.1) is 0 Å². The second kappa shape index (κ2) is 8.11. The van der Waals surface area contributed by atoms with Gasteiger partial charge in [-0.2, -0.15) is 13.2 Å². The van der Waals surface area contributed by atoms with Crippen molar-refractivity contribution in [2.45, 2.75) is 45.5 Å². The number of hydrogen-bond acceptors (Lipinski definition) is 4. The molecule has 0 bridgehead atoms. The second-order valence-corrected chi connectivity index (χ2v) is 6.41. The number of aromatic nitrogens is 1. The number of nitrogens with one attached hydrogen (secondary N) is 3. The van der Waals surface area contributed by atoms with Crippen LogP contribution in [-0.2, 0) is 9.53 Å². The molecule has 1 rings (SSSR count). The largest absolute Gasteiger partial charge is 0.444 e. The number of amides is 3. The van der Waals surface area contributed by atoms with Gasteiger partial charge in [0.1, 0.15) is 23.9 Å². The minimum atomic E-state index is -4.55. The Morgan fingerprint density at radius 3 is 2.38 bits per heavy atom. The Hall–Kier alpha value is -2.72. The summed E-state index contributed by atoms with van der Waals surface area (Å²) in [5, 5.41) is 4.01. The summed E-state index contributed by atoms with van der Waals surface area (Å²) in [7, 11) is 0. The fraction of sp³-hybridized carbons (Fsp3) is 0.533. The molecule has 3 amide bonds. The van der Waals surface area contributed by atoms with Crippen LogP contribution in [0.25, 0.3) is 0 Å². The molecule has 0 radical (unpaired) electrons. The van der Waals surface area contributed by atoms with Crippen molar-refractivity contribution < 1.29 is 32.3 Å². The lowest BCUT2D eigenvalue weighted by Crippen LogP contribution is -2.46. The Balaban J connectivity index is 2.66. The smallest absolute Gasteiger partial charge is 0.408 e. The van der Waals surface area contributed by atoms with Gasteiger partial charge in [0.15, 0.2) is 0 Å². The van der Waals surface area contributed by atoms with Crippen LogP contribution in [0.15, 0.2) is 18.3 Å². The molecule has 3 N–H and O–H groups in total. The number of halogens is 3. The first kappa shape index (κ1) is 21.3. The van der Waals surface area contributed by atoms with Gasteiger partial charge >= 0.3 is 12.3 Å². The highest BCUT2D eigenvalue weighted by molar-refractivity contribution is 5.95. The van der Waals surface area contributed by atoms with E-state index in [9.17, 15) is 27.6 Å². The Kier molecular flexibility index (Phi) is 6.65. The van der Waals surface area contributed by atoms with Crippen LogP contribution in [-0.4, -0.2) is 46.9 Å². The maximum absolute atomic E-state index is 12.2. The zero-order chi connectivity index (χ0) is 20.1. The molecule has 1 heterocycles. The first-order chi connectivity index (χ1) is 11.8. The van der Waals surface area contributed by atoms with Crippen LogP contribution in [0.4, 0.5) is 18.0 Å². The number of rotatable bonds is 5. The van der Waals surface area contributed by atoms with Crippen molar-refractivity contribution in [1.29, 1.82) is 0 Å². The van der Waals surface area contributed by atoms with Gasteiger partial charge < -0.3 is 15.4 Å². The highest BCUT2D eigenvalue weighted by Crippen LogP contribution is 2.13. The number of carbonyl (C=O) groups excluding carboxylic acids is 3. The first-order valence-electron chi connectivity index (χ1n) is 7.61. The minimum Gasteiger partial charge on any atom is -0.444 e. The van der Waals surface area contributed by atoms with E-state index in [4.69, 9.17) is 4.74 Å². The summed E-state index contributed by atoms with van der Waals surface area (Å²) in [6.45, 7) is 4.85. The fourth-order valence-electron chi connectivity index (χ4n) is 1.70. The van der Waals surface area contributed by atoms with Gasteiger partial charge in [0.2, 0.25) is 0 Å². The summed E-state index contributed by atoms with van der Waals surface area (Å²) in [6, 6.07) is 1.59. The predicted molar refractivity (Wildman–Crippen MR) is 86.0 cm³/mol. The molecule has 8 nitrogen and oxygen atoms in total. The number of nitrogens with zero attached hydrogens (tertiary/aromatic N) is 1. The maximum atomic E-state index is 12.2.